The molecule has 0 atom stereocenters. The molecule has 0 N–H and O–H groups in total. The van der Waals surface area contributed by atoms with Crippen LogP contribution in [0.2, 0.25) is 0 Å². The van der Waals surface area contributed by atoms with Crippen LogP contribution in [0, 0.1) is 6.39 Å². The third-order valence-electron chi connectivity index (χ3n) is 1.06. The summed E-state index contributed by atoms with van der Waals surface area (Å²) in [5.41, 5.74) is 1.29. The van der Waals surface area contributed by atoms with Crippen molar-refractivity contribution in [2.75, 3.05) is 0 Å². The van der Waals surface area contributed by atoms with Crippen molar-refractivity contribution in [2.24, 2.45) is 0 Å². The molecule has 0 fully saturated rings. The van der Waals surface area contributed by atoms with Gasteiger partial charge in [-0.3, -0.25) is 0 Å². The maximum Gasteiger partial charge on any atom is 0.286 e. The van der Waals surface area contributed by atoms with Crippen LogP contribution in [0.3, 0.4) is 0 Å². The minimum absolute atomic E-state index is 0.539. The van der Waals surface area contributed by atoms with E-state index in [1.54, 1.807) is 12.3 Å². The van der Waals surface area contributed by atoms with Crippen molar-refractivity contribution in [1.29, 1.82) is 0 Å². The van der Waals surface area contributed by atoms with Crippen molar-refractivity contribution in [2.45, 2.75) is 0 Å². The number of hydrogen-bond acceptors (Lipinski definition) is 3. The summed E-state index contributed by atoms with van der Waals surface area (Å²) in [6.45, 7) is 0. The monoisotopic (exact) mass is 119 g/mol. The highest BCUT2D eigenvalue weighted by molar-refractivity contribution is 5.66. The summed E-state index contributed by atoms with van der Waals surface area (Å²) in [5, 5.41) is 0. The first-order chi connectivity index (χ1) is 4.47. The fourth-order valence-electron chi connectivity index (χ4n) is 0.661. The Morgan fingerprint density at radius 2 is 2.56 bits per heavy atom. The first kappa shape index (κ1) is 4.49. The van der Waals surface area contributed by atoms with Crippen LogP contribution in [0.15, 0.2) is 22.7 Å². The van der Waals surface area contributed by atoms with Crippen LogP contribution in [0.25, 0.3) is 11.2 Å². The minimum atomic E-state index is 0.539. The summed E-state index contributed by atoms with van der Waals surface area (Å²) in [6.07, 6.45) is 4.00. The smallest absolute Gasteiger partial charge is 0.286 e. The quantitative estimate of drug-likeness (QED) is 0.519. The van der Waals surface area contributed by atoms with E-state index in [4.69, 9.17) is 4.42 Å². The van der Waals surface area contributed by atoms with Gasteiger partial charge in [0, 0.05) is 6.20 Å². The van der Waals surface area contributed by atoms with Crippen molar-refractivity contribution in [3.8, 4) is 0 Å². The minimum Gasteiger partial charge on any atom is -0.413 e. The number of fused-ring (bicyclic) bond motifs is 1. The van der Waals surface area contributed by atoms with Crippen LogP contribution in [0.1, 0.15) is 0 Å². The fraction of sp³-hybridized carbons (Fsp3) is 0. The Morgan fingerprint density at radius 3 is 3.44 bits per heavy atom. The van der Waals surface area contributed by atoms with Gasteiger partial charge in [0.05, 0.1) is 0 Å². The van der Waals surface area contributed by atoms with Crippen molar-refractivity contribution in [3.05, 3.63) is 24.7 Å². The molecule has 0 spiro atoms. The van der Waals surface area contributed by atoms with Gasteiger partial charge in [-0.15, -0.1) is 0 Å². The van der Waals surface area contributed by atoms with E-state index in [0.29, 0.717) is 5.71 Å². The molecule has 0 aromatic carbocycles. The molecule has 0 unspecified atom stereocenters. The van der Waals surface area contributed by atoms with E-state index >= 15 is 0 Å². The molecule has 2 aromatic heterocycles. The Bertz CT molecular complexity index is 285. The predicted molar refractivity (Wildman–Crippen MR) is 30.6 cm³/mol. The zero-order valence-electron chi connectivity index (χ0n) is 4.53. The summed E-state index contributed by atoms with van der Waals surface area (Å²) in [5.74, 6) is 0. The molecule has 0 bridgehead atoms. The van der Waals surface area contributed by atoms with E-state index in [1.165, 1.54) is 0 Å². The third-order valence-corrected chi connectivity index (χ3v) is 1.06. The average molecular weight is 119 g/mol. The molecule has 0 amide bonds. The number of rotatable bonds is 0. The molecule has 2 rings (SSSR count). The van der Waals surface area contributed by atoms with Gasteiger partial charge in [0.2, 0.25) is 5.71 Å². The van der Waals surface area contributed by atoms with Crippen molar-refractivity contribution >= 4 is 11.2 Å². The van der Waals surface area contributed by atoms with Crippen LogP contribution >= 0.6 is 0 Å². The number of pyridine rings is 1. The average Bonchev–Trinajstić information content (AvgIpc) is 2.33. The van der Waals surface area contributed by atoms with Gasteiger partial charge in [0.1, 0.15) is 5.52 Å². The lowest BCUT2D eigenvalue weighted by molar-refractivity contribution is 0.580. The molecular weight excluding hydrogens is 116 g/mol. The van der Waals surface area contributed by atoms with E-state index in [2.05, 4.69) is 16.4 Å². The Morgan fingerprint density at radius 1 is 1.56 bits per heavy atom. The molecule has 0 saturated heterocycles. The van der Waals surface area contributed by atoms with E-state index in [9.17, 15) is 0 Å². The van der Waals surface area contributed by atoms with Gasteiger partial charge < -0.3 is 4.42 Å². The van der Waals surface area contributed by atoms with E-state index in [0.717, 1.165) is 5.52 Å². The number of oxazole rings is 1. The van der Waals surface area contributed by atoms with E-state index in [1.807, 2.05) is 6.07 Å². The standard InChI is InChI=1S/C6H3N2O/c1-2-5-6(7-3-1)9-4-8-5/h1-3H. The Labute approximate surface area is 51.3 Å². The van der Waals surface area contributed by atoms with E-state index < -0.39 is 0 Å². The summed E-state index contributed by atoms with van der Waals surface area (Å²) >= 11 is 0. The molecular formula is C6H3N2O. The number of aromatic nitrogens is 2. The molecule has 0 aliphatic carbocycles. The molecule has 3 nitrogen and oxygen atoms in total. The molecule has 0 aliphatic rings. The van der Waals surface area contributed by atoms with Crippen LogP contribution in [-0.4, -0.2) is 9.97 Å². The summed E-state index contributed by atoms with van der Waals surface area (Å²) in [4.78, 5) is 7.65. The predicted octanol–water partition coefficient (Wildman–Crippen LogP) is 1.02. The lowest BCUT2D eigenvalue weighted by Gasteiger charge is -1.78. The van der Waals surface area contributed by atoms with Gasteiger partial charge in [-0.2, -0.15) is 0 Å². The van der Waals surface area contributed by atoms with Gasteiger partial charge in [-0.05, 0) is 12.1 Å². The number of nitrogens with zero attached hydrogens (tertiary/aromatic N) is 2. The van der Waals surface area contributed by atoms with Crippen LogP contribution in [-0.2, 0) is 0 Å². The maximum absolute atomic E-state index is 4.77. The molecule has 9 heavy (non-hydrogen) atoms. The SMILES string of the molecule is [c]1nc2cccnc2o1. The van der Waals surface area contributed by atoms with Crippen LogP contribution in [0.5, 0.6) is 0 Å². The van der Waals surface area contributed by atoms with Crippen LogP contribution < -0.4 is 0 Å². The largest absolute Gasteiger partial charge is 0.413 e. The number of hydrogen-bond donors (Lipinski definition) is 0. The Kier molecular flexibility index (Phi) is 0.773. The van der Waals surface area contributed by atoms with Gasteiger partial charge in [0.25, 0.3) is 6.39 Å². The normalized spacial score (nSPS) is 10.2. The molecule has 1 radical (unpaired) electrons. The van der Waals surface area contributed by atoms with Gasteiger partial charge >= 0.3 is 0 Å². The second kappa shape index (κ2) is 1.55. The van der Waals surface area contributed by atoms with Crippen LogP contribution in [0.4, 0.5) is 0 Å². The zero-order valence-corrected chi connectivity index (χ0v) is 4.53. The summed E-state index contributed by atoms with van der Waals surface area (Å²) in [6, 6.07) is 3.63. The fourth-order valence-corrected chi connectivity index (χ4v) is 0.661. The van der Waals surface area contributed by atoms with Gasteiger partial charge in [-0.1, -0.05) is 0 Å². The molecule has 43 valence electrons. The molecule has 0 saturated carbocycles. The third kappa shape index (κ3) is 0.579. The first-order valence-electron chi connectivity index (χ1n) is 2.54. The van der Waals surface area contributed by atoms with E-state index in [-0.39, 0.29) is 0 Å². The second-order valence-corrected chi connectivity index (χ2v) is 1.63. The topological polar surface area (TPSA) is 38.9 Å². The lowest BCUT2D eigenvalue weighted by Crippen LogP contribution is -1.69. The molecule has 2 heterocycles. The first-order valence-corrected chi connectivity index (χ1v) is 2.54. The van der Waals surface area contributed by atoms with Crippen molar-refractivity contribution < 1.29 is 4.42 Å². The summed E-state index contributed by atoms with van der Waals surface area (Å²) < 4.78 is 4.77. The van der Waals surface area contributed by atoms with Gasteiger partial charge in [0.15, 0.2) is 0 Å². The van der Waals surface area contributed by atoms with Crippen molar-refractivity contribution in [3.63, 3.8) is 0 Å². The molecule has 0 aliphatic heterocycles. The highest BCUT2D eigenvalue weighted by Crippen LogP contribution is 2.04. The second-order valence-electron chi connectivity index (χ2n) is 1.63. The Hall–Kier alpha value is -1.38. The van der Waals surface area contributed by atoms with Crippen molar-refractivity contribution in [1.82, 2.24) is 9.97 Å². The molecule has 3 heteroatoms. The highest BCUT2D eigenvalue weighted by Gasteiger charge is 1.94. The Balaban J connectivity index is 2.95. The lowest BCUT2D eigenvalue weighted by atomic mass is 10.5. The summed E-state index contributed by atoms with van der Waals surface area (Å²) in [7, 11) is 0. The van der Waals surface area contributed by atoms with Gasteiger partial charge in [-0.25, -0.2) is 9.97 Å². The molecule has 2 aromatic rings. The maximum atomic E-state index is 4.77. The zero-order chi connectivity index (χ0) is 6.10. The highest BCUT2D eigenvalue weighted by atomic mass is 16.3.